The molecular formula is C11H15F2NS. The average molecular weight is 231 g/mol. The van der Waals surface area contributed by atoms with Gasteiger partial charge in [0.25, 0.3) is 5.92 Å². The van der Waals surface area contributed by atoms with Crippen LogP contribution in [0.15, 0.2) is 6.07 Å². The number of nitrogens with two attached hydrogens (primary N) is 1. The zero-order chi connectivity index (χ0) is 10.9. The second-order valence-electron chi connectivity index (χ2n) is 4.11. The quantitative estimate of drug-likeness (QED) is 0.850. The van der Waals surface area contributed by atoms with Crippen molar-refractivity contribution in [1.29, 1.82) is 0 Å². The third kappa shape index (κ3) is 2.55. The van der Waals surface area contributed by atoms with E-state index in [9.17, 15) is 8.78 Å². The van der Waals surface area contributed by atoms with E-state index in [4.69, 9.17) is 5.73 Å². The molecule has 15 heavy (non-hydrogen) atoms. The van der Waals surface area contributed by atoms with Gasteiger partial charge >= 0.3 is 0 Å². The summed E-state index contributed by atoms with van der Waals surface area (Å²) in [6.45, 7) is -0.560. The second kappa shape index (κ2) is 4.18. The van der Waals surface area contributed by atoms with Crippen LogP contribution in [0, 0.1) is 0 Å². The minimum absolute atomic E-state index is 0.193. The Hall–Kier alpha value is -0.480. The van der Waals surface area contributed by atoms with Crippen LogP contribution in [0.5, 0.6) is 0 Å². The van der Waals surface area contributed by atoms with E-state index >= 15 is 0 Å². The van der Waals surface area contributed by atoms with E-state index in [2.05, 4.69) is 0 Å². The minimum atomic E-state index is -2.74. The van der Waals surface area contributed by atoms with Crippen LogP contribution in [-0.2, 0) is 19.3 Å². The minimum Gasteiger partial charge on any atom is -0.325 e. The number of aryl methyl sites for hydroxylation is 2. The fourth-order valence-corrected chi connectivity index (χ4v) is 3.31. The Balaban J connectivity index is 2.13. The Kier molecular flexibility index (Phi) is 3.07. The lowest BCUT2D eigenvalue weighted by Crippen LogP contribution is -2.29. The van der Waals surface area contributed by atoms with E-state index in [1.165, 1.54) is 23.3 Å². The third-order valence-electron chi connectivity index (χ3n) is 2.78. The molecule has 2 rings (SSSR count). The summed E-state index contributed by atoms with van der Waals surface area (Å²) in [4.78, 5) is 2.10. The lowest BCUT2D eigenvalue weighted by molar-refractivity contribution is 0.0123. The molecule has 0 unspecified atom stereocenters. The summed E-state index contributed by atoms with van der Waals surface area (Å²) in [6, 6.07) is 1.95. The predicted octanol–water partition coefficient (Wildman–Crippen LogP) is 2.76. The molecule has 4 heteroatoms. The Morgan fingerprint density at radius 1 is 1.33 bits per heavy atom. The fraction of sp³-hybridized carbons (Fsp3) is 0.636. The fourth-order valence-electron chi connectivity index (χ4n) is 1.97. The average Bonchev–Trinajstić information content (AvgIpc) is 2.58. The van der Waals surface area contributed by atoms with Crippen LogP contribution in [0.3, 0.4) is 0 Å². The first-order valence-electron chi connectivity index (χ1n) is 5.29. The van der Waals surface area contributed by atoms with Gasteiger partial charge in [0.2, 0.25) is 0 Å². The molecule has 2 N–H and O–H groups in total. The number of alkyl halides is 2. The summed E-state index contributed by atoms with van der Waals surface area (Å²) in [5.41, 5.74) is 6.32. The van der Waals surface area contributed by atoms with Crippen molar-refractivity contribution in [2.45, 2.75) is 38.0 Å². The first kappa shape index (κ1) is 11.0. The molecule has 0 spiro atoms. The smallest absolute Gasteiger partial charge is 0.264 e. The molecule has 0 bridgehead atoms. The number of fused-ring (bicyclic) bond motifs is 1. The van der Waals surface area contributed by atoms with Crippen molar-refractivity contribution in [2.75, 3.05) is 6.54 Å². The van der Waals surface area contributed by atoms with Gasteiger partial charge in [0.05, 0.1) is 6.54 Å². The molecule has 1 aromatic heterocycles. The third-order valence-corrected chi connectivity index (χ3v) is 4.02. The first-order valence-corrected chi connectivity index (χ1v) is 6.11. The van der Waals surface area contributed by atoms with Gasteiger partial charge in [0.15, 0.2) is 0 Å². The Morgan fingerprint density at radius 3 is 2.73 bits per heavy atom. The zero-order valence-electron chi connectivity index (χ0n) is 8.56. The molecule has 0 radical (unpaired) electrons. The van der Waals surface area contributed by atoms with Crippen molar-refractivity contribution >= 4 is 11.3 Å². The topological polar surface area (TPSA) is 26.0 Å². The monoisotopic (exact) mass is 231 g/mol. The van der Waals surface area contributed by atoms with Crippen molar-refractivity contribution < 1.29 is 8.78 Å². The van der Waals surface area contributed by atoms with Gasteiger partial charge in [0.1, 0.15) is 0 Å². The Bertz CT molecular complexity index is 323. The molecule has 1 aliphatic carbocycles. The maximum Gasteiger partial charge on any atom is 0.264 e. The van der Waals surface area contributed by atoms with Crippen molar-refractivity contribution in [1.82, 2.24) is 0 Å². The summed E-state index contributed by atoms with van der Waals surface area (Å²) in [5.74, 6) is -2.74. The van der Waals surface area contributed by atoms with Crippen LogP contribution in [0.1, 0.15) is 28.2 Å². The molecule has 84 valence electrons. The molecule has 0 saturated carbocycles. The van der Waals surface area contributed by atoms with Crippen LogP contribution >= 0.6 is 11.3 Å². The van der Waals surface area contributed by atoms with Crippen molar-refractivity contribution in [2.24, 2.45) is 5.73 Å². The molecule has 0 aliphatic heterocycles. The highest BCUT2D eigenvalue weighted by Crippen LogP contribution is 2.32. The van der Waals surface area contributed by atoms with Gasteiger partial charge in [-0.1, -0.05) is 0 Å². The SMILES string of the molecule is NCC(F)(F)Cc1cc2c(s1)CCCC2. The second-order valence-corrected chi connectivity index (χ2v) is 5.33. The molecule has 1 aromatic rings. The Labute approximate surface area is 92.3 Å². The summed E-state index contributed by atoms with van der Waals surface area (Å²) in [6.07, 6.45) is 4.31. The number of hydrogen-bond acceptors (Lipinski definition) is 2. The summed E-state index contributed by atoms with van der Waals surface area (Å²) < 4.78 is 26.2. The van der Waals surface area contributed by atoms with E-state index in [0.717, 1.165) is 17.7 Å². The van der Waals surface area contributed by atoms with Gasteiger partial charge in [-0.05, 0) is 37.3 Å². The van der Waals surface area contributed by atoms with E-state index < -0.39 is 12.5 Å². The predicted molar refractivity (Wildman–Crippen MR) is 58.7 cm³/mol. The number of hydrogen-bond donors (Lipinski definition) is 1. The molecule has 0 saturated heterocycles. The maximum atomic E-state index is 13.1. The summed E-state index contributed by atoms with van der Waals surface area (Å²) in [7, 11) is 0. The van der Waals surface area contributed by atoms with Crippen LogP contribution < -0.4 is 5.73 Å². The molecule has 0 aromatic carbocycles. The van der Waals surface area contributed by atoms with E-state index in [-0.39, 0.29) is 6.42 Å². The van der Waals surface area contributed by atoms with Gasteiger partial charge in [0, 0.05) is 16.2 Å². The van der Waals surface area contributed by atoms with Gasteiger partial charge in [-0.15, -0.1) is 11.3 Å². The normalized spacial score (nSPS) is 16.5. The van der Waals surface area contributed by atoms with Crippen molar-refractivity contribution in [3.63, 3.8) is 0 Å². The lowest BCUT2D eigenvalue weighted by Gasteiger charge is -2.11. The van der Waals surface area contributed by atoms with E-state index in [1.807, 2.05) is 6.07 Å². The Morgan fingerprint density at radius 2 is 2.07 bits per heavy atom. The maximum absolute atomic E-state index is 13.1. The molecule has 0 amide bonds. The highest BCUT2D eigenvalue weighted by molar-refractivity contribution is 7.12. The number of halogens is 2. The van der Waals surface area contributed by atoms with Crippen LogP contribution in [0.2, 0.25) is 0 Å². The molecule has 0 fully saturated rings. The van der Waals surface area contributed by atoms with Gasteiger partial charge in [-0.2, -0.15) is 0 Å². The highest BCUT2D eigenvalue weighted by atomic mass is 32.1. The molecular weight excluding hydrogens is 216 g/mol. The lowest BCUT2D eigenvalue weighted by atomic mass is 9.99. The highest BCUT2D eigenvalue weighted by Gasteiger charge is 2.28. The van der Waals surface area contributed by atoms with Gasteiger partial charge in [-0.3, -0.25) is 0 Å². The molecule has 0 atom stereocenters. The molecule has 1 aliphatic rings. The standard InChI is InChI=1S/C11H15F2NS/c12-11(13,7-14)6-9-5-8-3-1-2-4-10(8)15-9/h5H,1-4,6-7,14H2. The summed E-state index contributed by atoms with van der Waals surface area (Å²) >= 11 is 1.54. The zero-order valence-corrected chi connectivity index (χ0v) is 9.38. The largest absolute Gasteiger partial charge is 0.325 e. The van der Waals surface area contributed by atoms with Crippen LogP contribution in [0.4, 0.5) is 8.78 Å². The number of rotatable bonds is 3. The van der Waals surface area contributed by atoms with Crippen molar-refractivity contribution in [3.05, 3.63) is 21.4 Å². The van der Waals surface area contributed by atoms with Crippen LogP contribution in [0.25, 0.3) is 0 Å². The van der Waals surface area contributed by atoms with Gasteiger partial charge in [-0.25, -0.2) is 8.78 Å². The first-order chi connectivity index (χ1) is 7.11. The van der Waals surface area contributed by atoms with Gasteiger partial charge < -0.3 is 5.73 Å². The molecule has 1 nitrogen and oxygen atoms in total. The van der Waals surface area contributed by atoms with Crippen molar-refractivity contribution in [3.8, 4) is 0 Å². The summed E-state index contributed by atoms with van der Waals surface area (Å²) in [5, 5.41) is 0. The van der Waals surface area contributed by atoms with Crippen LogP contribution in [-0.4, -0.2) is 12.5 Å². The van der Waals surface area contributed by atoms with E-state index in [0.29, 0.717) is 0 Å². The molecule has 1 heterocycles. The number of thiophene rings is 1. The van der Waals surface area contributed by atoms with E-state index in [1.54, 1.807) is 11.3 Å².